The number of anilines is 1. The highest BCUT2D eigenvalue weighted by atomic mass is 79.9. The molecule has 0 aliphatic carbocycles. The maximum Gasteiger partial charge on any atom is 0.277 e. The first kappa shape index (κ1) is 19.8. The van der Waals surface area contributed by atoms with Crippen LogP contribution in [0, 0.1) is 0 Å². The Morgan fingerprint density at radius 3 is 2.33 bits per heavy atom. The topological polar surface area (TPSA) is 81.8 Å². The molecule has 30 heavy (non-hydrogen) atoms. The Hall–Kier alpha value is -3.52. The van der Waals surface area contributed by atoms with Crippen molar-refractivity contribution in [2.75, 3.05) is 5.32 Å². The summed E-state index contributed by atoms with van der Waals surface area (Å²) in [5, 5.41) is 11.3. The third kappa shape index (κ3) is 4.72. The van der Waals surface area contributed by atoms with Crippen molar-refractivity contribution < 1.29 is 4.79 Å². The smallest absolute Gasteiger partial charge is 0.277 e. The van der Waals surface area contributed by atoms with E-state index in [-0.39, 0.29) is 11.3 Å². The number of hydrogen-bond donors (Lipinski definition) is 1. The lowest BCUT2D eigenvalue weighted by molar-refractivity contribution is 0.101. The van der Waals surface area contributed by atoms with Gasteiger partial charge in [0.15, 0.2) is 0 Å². The van der Waals surface area contributed by atoms with Crippen molar-refractivity contribution in [3.63, 3.8) is 0 Å². The molecular weight excluding hydrogens is 446 g/mol. The quantitative estimate of drug-likeness (QED) is 0.473. The van der Waals surface area contributed by atoms with Crippen LogP contribution in [0.1, 0.15) is 21.6 Å². The molecule has 2 heterocycles. The monoisotopic (exact) mass is 463 g/mol. The minimum absolute atomic E-state index is 0.155. The molecule has 0 radical (unpaired) electrons. The average molecular weight is 464 g/mol. The molecule has 4 rings (SSSR count). The predicted molar refractivity (Wildman–Crippen MR) is 117 cm³/mol. The number of amides is 1. The van der Waals surface area contributed by atoms with E-state index < -0.39 is 5.91 Å². The standard InChI is InChI=1S/C22H18BrN5O2/c23-18-8-6-17(7-9-18)14-27-20(12-13-24-27)25-22(30)19-10-11-21(29)28(26-19)15-16-4-2-1-3-5-16/h1-13H,14-15H2,(H,25,30). The molecule has 1 N–H and O–H groups in total. The van der Waals surface area contributed by atoms with Gasteiger partial charge in [-0.1, -0.05) is 58.4 Å². The fourth-order valence-corrected chi connectivity index (χ4v) is 3.21. The first-order valence-electron chi connectivity index (χ1n) is 9.28. The second kappa shape index (κ2) is 8.87. The molecule has 0 saturated heterocycles. The lowest BCUT2D eigenvalue weighted by Crippen LogP contribution is -2.27. The number of benzene rings is 2. The van der Waals surface area contributed by atoms with E-state index in [1.54, 1.807) is 16.9 Å². The molecule has 0 unspecified atom stereocenters. The number of nitrogens with one attached hydrogen (secondary N) is 1. The number of carbonyl (C=O) groups is 1. The Bertz CT molecular complexity index is 1220. The van der Waals surface area contributed by atoms with Crippen molar-refractivity contribution in [3.8, 4) is 0 Å². The Labute approximate surface area is 181 Å². The Balaban J connectivity index is 1.51. The highest BCUT2D eigenvalue weighted by Crippen LogP contribution is 2.14. The van der Waals surface area contributed by atoms with Gasteiger partial charge < -0.3 is 5.32 Å². The van der Waals surface area contributed by atoms with E-state index in [1.165, 1.54) is 16.8 Å². The van der Waals surface area contributed by atoms with Crippen molar-refractivity contribution in [1.82, 2.24) is 19.6 Å². The molecular formula is C22H18BrN5O2. The summed E-state index contributed by atoms with van der Waals surface area (Å²) < 4.78 is 3.97. The first-order chi connectivity index (χ1) is 14.6. The molecule has 2 aromatic heterocycles. The fourth-order valence-electron chi connectivity index (χ4n) is 2.95. The zero-order valence-corrected chi connectivity index (χ0v) is 17.5. The van der Waals surface area contributed by atoms with E-state index in [4.69, 9.17) is 0 Å². The summed E-state index contributed by atoms with van der Waals surface area (Å²) in [4.78, 5) is 24.9. The van der Waals surface area contributed by atoms with Gasteiger partial charge >= 0.3 is 0 Å². The van der Waals surface area contributed by atoms with Crippen LogP contribution < -0.4 is 10.9 Å². The number of nitrogens with zero attached hydrogens (tertiary/aromatic N) is 4. The molecule has 0 saturated carbocycles. The van der Waals surface area contributed by atoms with Crippen molar-refractivity contribution in [1.29, 1.82) is 0 Å². The second-order valence-electron chi connectivity index (χ2n) is 6.65. The van der Waals surface area contributed by atoms with Gasteiger partial charge in [0.1, 0.15) is 11.5 Å². The van der Waals surface area contributed by atoms with E-state index in [9.17, 15) is 9.59 Å². The maximum absolute atomic E-state index is 12.7. The third-order valence-electron chi connectivity index (χ3n) is 4.48. The zero-order valence-electron chi connectivity index (χ0n) is 15.9. The Morgan fingerprint density at radius 2 is 1.57 bits per heavy atom. The number of rotatable bonds is 6. The van der Waals surface area contributed by atoms with Crippen LogP contribution in [-0.2, 0) is 13.1 Å². The van der Waals surface area contributed by atoms with Gasteiger partial charge in [-0.25, -0.2) is 9.36 Å². The molecule has 0 fully saturated rings. The van der Waals surface area contributed by atoms with Gasteiger partial charge in [-0.2, -0.15) is 10.2 Å². The second-order valence-corrected chi connectivity index (χ2v) is 7.57. The van der Waals surface area contributed by atoms with E-state index in [0.717, 1.165) is 15.6 Å². The Kier molecular flexibility index (Phi) is 5.85. The van der Waals surface area contributed by atoms with Crippen molar-refractivity contribution in [2.24, 2.45) is 0 Å². The lowest BCUT2D eigenvalue weighted by Gasteiger charge is -2.10. The van der Waals surface area contributed by atoms with E-state index in [0.29, 0.717) is 18.9 Å². The van der Waals surface area contributed by atoms with Crippen LogP contribution in [0.25, 0.3) is 0 Å². The maximum atomic E-state index is 12.7. The van der Waals surface area contributed by atoms with Crippen molar-refractivity contribution in [2.45, 2.75) is 13.1 Å². The fraction of sp³-hybridized carbons (Fsp3) is 0.0909. The summed E-state index contributed by atoms with van der Waals surface area (Å²) >= 11 is 3.42. The molecule has 4 aromatic rings. The minimum Gasteiger partial charge on any atom is -0.305 e. The van der Waals surface area contributed by atoms with Gasteiger partial charge in [-0.3, -0.25) is 9.59 Å². The van der Waals surface area contributed by atoms with Crippen LogP contribution in [0.3, 0.4) is 0 Å². The van der Waals surface area contributed by atoms with Crippen molar-refractivity contribution in [3.05, 3.63) is 111 Å². The molecule has 8 heteroatoms. The van der Waals surface area contributed by atoms with Crippen LogP contribution in [0.5, 0.6) is 0 Å². The molecule has 150 valence electrons. The summed E-state index contributed by atoms with van der Waals surface area (Å²) in [6, 6.07) is 21.9. The minimum atomic E-state index is -0.408. The predicted octanol–water partition coefficient (Wildman–Crippen LogP) is 3.55. The highest BCUT2D eigenvalue weighted by Gasteiger charge is 2.13. The number of carbonyl (C=O) groups excluding carboxylic acids is 1. The summed E-state index contributed by atoms with van der Waals surface area (Å²) in [5.74, 6) is 0.139. The van der Waals surface area contributed by atoms with Gasteiger partial charge in [-0.15, -0.1) is 0 Å². The molecule has 0 atom stereocenters. The van der Waals surface area contributed by atoms with Gasteiger partial charge in [0, 0.05) is 16.6 Å². The summed E-state index contributed by atoms with van der Waals surface area (Å²) in [5.41, 5.74) is 1.86. The van der Waals surface area contributed by atoms with E-state index in [2.05, 4.69) is 31.4 Å². The van der Waals surface area contributed by atoms with Gasteiger partial charge in [-0.05, 0) is 29.3 Å². The number of hydrogen-bond acceptors (Lipinski definition) is 4. The van der Waals surface area contributed by atoms with E-state index in [1.807, 2.05) is 54.6 Å². The van der Waals surface area contributed by atoms with Gasteiger partial charge in [0.25, 0.3) is 11.5 Å². The molecule has 0 aliphatic heterocycles. The van der Waals surface area contributed by atoms with Crippen LogP contribution >= 0.6 is 15.9 Å². The molecule has 0 bridgehead atoms. The number of aromatic nitrogens is 4. The summed E-state index contributed by atoms with van der Waals surface area (Å²) in [6.07, 6.45) is 1.62. The van der Waals surface area contributed by atoms with Crippen LogP contribution in [0.2, 0.25) is 0 Å². The molecule has 1 amide bonds. The van der Waals surface area contributed by atoms with Crippen LogP contribution in [0.15, 0.2) is 88.3 Å². The number of halogens is 1. The lowest BCUT2D eigenvalue weighted by atomic mass is 10.2. The largest absolute Gasteiger partial charge is 0.305 e. The Morgan fingerprint density at radius 1 is 0.867 bits per heavy atom. The zero-order chi connectivity index (χ0) is 20.9. The SMILES string of the molecule is O=C(Nc1ccnn1Cc1ccc(Br)cc1)c1ccc(=O)n(Cc2ccccc2)n1. The van der Waals surface area contributed by atoms with Crippen molar-refractivity contribution >= 4 is 27.7 Å². The van der Waals surface area contributed by atoms with Crippen LogP contribution in [-0.4, -0.2) is 25.5 Å². The van der Waals surface area contributed by atoms with Crippen LogP contribution in [0.4, 0.5) is 5.82 Å². The molecule has 2 aromatic carbocycles. The first-order valence-corrected chi connectivity index (χ1v) is 10.1. The molecule has 7 nitrogen and oxygen atoms in total. The van der Waals surface area contributed by atoms with Gasteiger partial charge in [0.05, 0.1) is 19.3 Å². The van der Waals surface area contributed by atoms with Gasteiger partial charge in [0.2, 0.25) is 0 Å². The summed E-state index contributed by atoms with van der Waals surface area (Å²) in [6.45, 7) is 0.805. The molecule has 0 spiro atoms. The normalized spacial score (nSPS) is 10.7. The average Bonchev–Trinajstić information content (AvgIpc) is 3.18. The third-order valence-corrected chi connectivity index (χ3v) is 5.01. The van der Waals surface area contributed by atoms with E-state index >= 15 is 0 Å². The molecule has 0 aliphatic rings. The summed E-state index contributed by atoms with van der Waals surface area (Å²) in [7, 11) is 0. The highest BCUT2D eigenvalue weighted by molar-refractivity contribution is 9.10.